The maximum Gasteiger partial charge on any atom is 0.243 e. The van der Waals surface area contributed by atoms with Gasteiger partial charge in [-0.25, -0.2) is 0 Å². The van der Waals surface area contributed by atoms with Crippen molar-refractivity contribution in [1.82, 2.24) is 10.6 Å². The van der Waals surface area contributed by atoms with Crippen LogP contribution >= 0.6 is 0 Å². The Morgan fingerprint density at radius 2 is 2.24 bits per heavy atom. The lowest BCUT2D eigenvalue weighted by atomic mass is 9.90. The fourth-order valence-electron chi connectivity index (χ4n) is 1.75. The lowest BCUT2D eigenvalue weighted by Gasteiger charge is -2.22. The third kappa shape index (κ3) is 4.53. The number of piperidine rings is 1. The van der Waals surface area contributed by atoms with E-state index in [1.54, 1.807) is 0 Å². The first-order chi connectivity index (χ1) is 7.94. The van der Waals surface area contributed by atoms with Crippen LogP contribution in [0, 0.1) is 16.7 Å². The molecule has 0 aliphatic carbocycles. The molecule has 2 N–H and O–H groups in total. The smallest absolute Gasteiger partial charge is 0.243 e. The largest absolute Gasteiger partial charge is 0.306 e. The molecule has 1 atom stereocenters. The molecule has 0 aromatic heterocycles. The summed E-state index contributed by atoms with van der Waals surface area (Å²) in [6.45, 7) is 4.50. The lowest BCUT2D eigenvalue weighted by Crippen LogP contribution is -2.50. The van der Waals surface area contributed by atoms with Crippen molar-refractivity contribution in [1.29, 1.82) is 5.26 Å². The summed E-state index contributed by atoms with van der Waals surface area (Å²) in [6, 6.07) is 1.98. The highest BCUT2D eigenvalue weighted by Gasteiger charge is 2.25. The van der Waals surface area contributed by atoms with Gasteiger partial charge in [-0.15, -0.1) is 0 Å². The minimum Gasteiger partial charge on any atom is -0.306 e. The van der Waals surface area contributed by atoms with Gasteiger partial charge in [-0.2, -0.15) is 5.26 Å². The van der Waals surface area contributed by atoms with Crippen LogP contribution in [0.3, 0.4) is 0 Å². The normalized spacial score (nSPS) is 20.9. The quantitative estimate of drug-likeness (QED) is 0.545. The average Bonchev–Trinajstić information content (AvgIpc) is 2.27. The molecule has 1 aliphatic rings. The summed E-state index contributed by atoms with van der Waals surface area (Å²) in [5.74, 6) is -0.431. The fourth-order valence-corrected chi connectivity index (χ4v) is 1.75. The summed E-state index contributed by atoms with van der Waals surface area (Å²) in [5.41, 5.74) is -0.313. The Balaban J connectivity index is 2.22. The maximum atomic E-state index is 11.4. The zero-order chi connectivity index (χ0) is 12.9. The predicted molar refractivity (Wildman–Crippen MR) is 62.8 cm³/mol. The van der Waals surface area contributed by atoms with E-state index in [1.165, 1.54) is 0 Å². The Morgan fingerprint density at radius 1 is 1.53 bits per heavy atom. The molecule has 94 valence electrons. The Morgan fingerprint density at radius 3 is 2.82 bits per heavy atom. The van der Waals surface area contributed by atoms with Gasteiger partial charge in [0.25, 0.3) is 0 Å². The van der Waals surface area contributed by atoms with E-state index in [4.69, 9.17) is 5.26 Å². The Kier molecular flexibility index (Phi) is 4.64. The first-order valence-electron chi connectivity index (χ1n) is 5.93. The van der Waals surface area contributed by atoms with Gasteiger partial charge in [0.05, 0.1) is 17.5 Å². The molecule has 0 aromatic carbocycles. The monoisotopic (exact) mass is 237 g/mol. The minimum atomic E-state index is -0.313. The number of amides is 2. The number of imide groups is 1. The van der Waals surface area contributed by atoms with Crippen LogP contribution < -0.4 is 10.6 Å². The third-order valence-electron chi connectivity index (χ3n) is 2.91. The second-order valence-electron chi connectivity index (χ2n) is 5.06. The molecule has 5 heteroatoms. The minimum absolute atomic E-state index is 0.196. The van der Waals surface area contributed by atoms with E-state index in [0.717, 1.165) is 12.8 Å². The summed E-state index contributed by atoms with van der Waals surface area (Å²) in [5, 5.41) is 14.3. The van der Waals surface area contributed by atoms with Gasteiger partial charge in [0.2, 0.25) is 11.8 Å². The molecule has 0 spiro atoms. The van der Waals surface area contributed by atoms with E-state index in [-0.39, 0.29) is 23.3 Å². The second kappa shape index (κ2) is 5.78. The molecule has 1 heterocycles. The third-order valence-corrected chi connectivity index (χ3v) is 2.91. The van der Waals surface area contributed by atoms with Crippen molar-refractivity contribution in [2.45, 2.75) is 45.6 Å². The highest BCUT2D eigenvalue weighted by atomic mass is 16.2. The molecule has 5 nitrogen and oxygen atoms in total. The number of carbonyl (C=O) groups is 2. The molecule has 1 aliphatic heterocycles. The molecular formula is C12H19N3O2. The average molecular weight is 237 g/mol. The number of nitriles is 1. The molecule has 2 amide bonds. The number of nitrogens with one attached hydrogen (secondary N) is 2. The van der Waals surface area contributed by atoms with Crippen LogP contribution in [0.5, 0.6) is 0 Å². The van der Waals surface area contributed by atoms with Gasteiger partial charge in [-0.3, -0.25) is 14.9 Å². The molecule has 1 saturated heterocycles. The number of hydrogen-bond acceptors (Lipinski definition) is 4. The highest BCUT2D eigenvalue weighted by molar-refractivity contribution is 6.00. The number of carbonyl (C=O) groups excluding carboxylic acids is 2. The van der Waals surface area contributed by atoms with Gasteiger partial charge in [-0.05, 0) is 39.7 Å². The zero-order valence-corrected chi connectivity index (χ0v) is 10.4. The summed E-state index contributed by atoms with van der Waals surface area (Å²) in [6.07, 6.45) is 2.60. The highest BCUT2D eigenvalue weighted by Crippen LogP contribution is 2.20. The maximum absolute atomic E-state index is 11.4. The van der Waals surface area contributed by atoms with Crippen molar-refractivity contribution in [3.05, 3.63) is 0 Å². The second-order valence-corrected chi connectivity index (χ2v) is 5.06. The van der Waals surface area contributed by atoms with E-state index < -0.39 is 0 Å². The van der Waals surface area contributed by atoms with Crippen molar-refractivity contribution in [3.8, 4) is 6.07 Å². The summed E-state index contributed by atoms with van der Waals surface area (Å²) in [4.78, 5) is 22.3. The van der Waals surface area contributed by atoms with Gasteiger partial charge < -0.3 is 5.32 Å². The summed E-state index contributed by atoms with van der Waals surface area (Å²) >= 11 is 0. The van der Waals surface area contributed by atoms with Crippen molar-refractivity contribution < 1.29 is 9.59 Å². The molecule has 1 fully saturated rings. The van der Waals surface area contributed by atoms with Gasteiger partial charge in [-0.1, -0.05) is 0 Å². The van der Waals surface area contributed by atoms with Crippen LogP contribution in [0.2, 0.25) is 0 Å². The zero-order valence-electron chi connectivity index (χ0n) is 10.4. The first kappa shape index (κ1) is 13.7. The van der Waals surface area contributed by atoms with Crippen LogP contribution in [0.15, 0.2) is 0 Å². The van der Waals surface area contributed by atoms with E-state index in [9.17, 15) is 9.59 Å². The Bertz CT molecular complexity index is 344. The van der Waals surface area contributed by atoms with Crippen molar-refractivity contribution in [2.75, 3.05) is 6.54 Å². The van der Waals surface area contributed by atoms with Gasteiger partial charge >= 0.3 is 0 Å². The molecule has 17 heavy (non-hydrogen) atoms. The number of rotatable bonds is 5. The molecule has 0 aromatic rings. The van der Waals surface area contributed by atoms with Gasteiger partial charge in [0.15, 0.2) is 0 Å². The molecule has 0 saturated carbocycles. The summed E-state index contributed by atoms with van der Waals surface area (Å²) in [7, 11) is 0. The first-order valence-corrected chi connectivity index (χ1v) is 5.93. The van der Waals surface area contributed by atoms with Gasteiger partial charge in [0, 0.05) is 6.42 Å². The molecule has 0 radical (unpaired) electrons. The lowest BCUT2D eigenvalue weighted by molar-refractivity contribution is -0.134. The molecule has 1 unspecified atom stereocenters. The van der Waals surface area contributed by atoms with Crippen molar-refractivity contribution in [3.63, 3.8) is 0 Å². The predicted octanol–water partition coefficient (Wildman–Crippen LogP) is 0.711. The SMILES string of the molecule is CC(C)(C#N)CCCNC1CCC(=O)NC1=O. The van der Waals surface area contributed by atoms with Crippen LogP contribution in [0.25, 0.3) is 0 Å². The molecule has 0 bridgehead atoms. The topological polar surface area (TPSA) is 82.0 Å². The van der Waals surface area contributed by atoms with E-state index >= 15 is 0 Å². The Hall–Kier alpha value is -1.41. The van der Waals surface area contributed by atoms with Crippen LogP contribution in [0.1, 0.15) is 39.5 Å². The van der Waals surface area contributed by atoms with Gasteiger partial charge in [0.1, 0.15) is 0 Å². The Labute approximate surface area is 102 Å². The van der Waals surface area contributed by atoms with Crippen LogP contribution in [-0.4, -0.2) is 24.4 Å². The van der Waals surface area contributed by atoms with E-state index in [1.807, 2.05) is 13.8 Å². The summed E-state index contributed by atoms with van der Waals surface area (Å²) < 4.78 is 0. The molecule has 1 rings (SSSR count). The number of nitrogens with zero attached hydrogens (tertiary/aromatic N) is 1. The van der Waals surface area contributed by atoms with Crippen LogP contribution in [-0.2, 0) is 9.59 Å². The van der Waals surface area contributed by atoms with Crippen molar-refractivity contribution in [2.24, 2.45) is 5.41 Å². The molecular weight excluding hydrogens is 218 g/mol. The van der Waals surface area contributed by atoms with Crippen molar-refractivity contribution >= 4 is 11.8 Å². The van der Waals surface area contributed by atoms with E-state index in [2.05, 4.69) is 16.7 Å². The van der Waals surface area contributed by atoms with E-state index in [0.29, 0.717) is 19.4 Å². The number of hydrogen-bond donors (Lipinski definition) is 2. The standard InChI is InChI=1S/C12H19N3O2/c1-12(2,8-13)6-3-7-14-9-4-5-10(16)15-11(9)17/h9,14H,3-7H2,1-2H3,(H,15,16,17). The fraction of sp³-hybridized carbons (Fsp3) is 0.750. The van der Waals surface area contributed by atoms with Crippen LogP contribution in [0.4, 0.5) is 0 Å².